The van der Waals surface area contributed by atoms with E-state index in [9.17, 15) is 9.90 Å². The molecule has 0 spiro atoms. The van der Waals surface area contributed by atoms with Gasteiger partial charge in [0.15, 0.2) is 0 Å². The number of Topliss-reactive ketones (excluding diaryl/α,β-unsaturated/α-hetero) is 1. The van der Waals surface area contributed by atoms with Gasteiger partial charge >= 0.3 is 0 Å². The highest BCUT2D eigenvalue weighted by molar-refractivity contribution is 5.88. The van der Waals surface area contributed by atoms with Crippen LogP contribution in [0.25, 0.3) is 0 Å². The number of aliphatic hydroxyl groups is 1. The molecule has 0 aromatic carbocycles. The van der Waals surface area contributed by atoms with Crippen molar-refractivity contribution in [3.63, 3.8) is 0 Å². The third kappa shape index (κ3) is 3.48. The number of hydrogen-bond donors (Lipinski definition) is 1. The fourth-order valence-electron chi connectivity index (χ4n) is 4.95. The molecule has 2 aliphatic rings. The standard InChI is InChI=1S/C21H36O3/c1-7-20(4)13-18(22)21(5)12-17(24-6)11-10-16(9-8-14(21)2)15(3)19(20)23/h7,14-18,22H,1,8-13H2,2-6H3. The lowest BCUT2D eigenvalue weighted by atomic mass is 9.62. The van der Waals surface area contributed by atoms with Gasteiger partial charge in [-0.2, -0.15) is 0 Å². The third-order valence-electron chi connectivity index (χ3n) is 7.47. The molecular weight excluding hydrogens is 300 g/mol. The highest BCUT2D eigenvalue weighted by Gasteiger charge is 2.48. The van der Waals surface area contributed by atoms with Crippen LogP contribution in [0, 0.1) is 28.6 Å². The molecule has 0 radical (unpaired) electrons. The van der Waals surface area contributed by atoms with Gasteiger partial charge in [-0.1, -0.05) is 26.8 Å². The Morgan fingerprint density at radius 1 is 1.17 bits per heavy atom. The van der Waals surface area contributed by atoms with Crippen LogP contribution in [0.2, 0.25) is 0 Å². The van der Waals surface area contributed by atoms with Crippen LogP contribution in [0.3, 0.4) is 0 Å². The van der Waals surface area contributed by atoms with Gasteiger partial charge in [-0.15, -0.1) is 6.58 Å². The highest BCUT2D eigenvalue weighted by atomic mass is 16.5. The summed E-state index contributed by atoms with van der Waals surface area (Å²) < 4.78 is 5.76. The minimum absolute atomic E-state index is 0.00682. The number of allylic oxidation sites excluding steroid dienone is 1. The normalized spacial score (nSPS) is 47.8. The average molecular weight is 337 g/mol. The van der Waals surface area contributed by atoms with Crippen molar-refractivity contribution in [3.8, 4) is 0 Å². The number of hydrogen-bond acceptors (Lipinski definition) is 3. The fraction of sp³-hybridized carbons (Fsp3) is 0.857. The van der Waals surface area contributed by atoms with Gasteiger partial charge in [0, 0.05) is 18.4 Å². The van der Waals surface area contributed by atoms with E-state index < -0.39 is 11.5 Å². The molecule has 2 rings (SSSR count). The fourth-order valence-corrected chi connectivity index (χ4v) is 4.95. The Bertz CT molecular complexity index is 474. The van der Waals surface area contributed by atoms with E-state index in [1.807, 2.05) is 6.92 Å². The first-order chi connectivity index (χ1) is 11.2. The largest absolute Gasteiger partial charge is 0.393 e. The quantitative estimate of drug-likeness (QED) is 0.761. The lowest BCUT2D eigenvalue weighted by Crippen LogP contribution is -2.46. The summed E-state index contributed by atoms with van der Waals surface area (Å²) in [5, 5.41) is 11.2. The Morgan fingerprint density at radius 3 is 2.38 bits per heavy atom. The van der Waals surface area contributed by atoms with E-state index in [2.05, 4.69) is 27.4 Å². The van der Waals surface area contributed by atoms with Gasteiger partial charge in [0.2, 0.25) is 0 Å². The molecule has 7 unspecified atom stereocenters. The topological polar surface area (TPSA) is 46.5 Å². The number of aliphatic hydroxyl groups excluding tert-OH is 1. The molecule has 2 saturated carbocycles. The summed E-state index contributed by atoms with van der Waals surface area (Å²) in [4.78, 5) is 13.2. The second kappa shape index (κ2) is 7.29. The van der Waals surface area contributed by atoms with Crippen molar-refractivity contribution in [2.24, 2.45) is 28.6 Å². The predicted molar refractivity (Wildman–Crippen MR) is 97.7 cm³/mol. The number of rotatable bonds is 2. The highest BCUT2D eigenvalue weighted by Crippen LogP contribution is 2.48. The van der Waals surface area contributed by atoms with Crippen LogP contribution in [0.1, 0.15) is 66.2 Å². The minimum atomic E-state index is -0.650. The lowest BCUT2D eigenvalue weighted by Gasteiger charge is -2.45. The zero-order chi connectivity index (χ0) is 18.1. The summed E-state index contributed by atoms with van der Waals surface area (Å²) in [6.45, 7) is 12.4. The lowest BCUT2D eigenvalue weighted by molar-refractivity contribution is -0.135. The van der Waals surface area contributed by atoms with Gasteiger partial charge in [-0.25, -0.2) is 0 Å². The Hall–Kier alpha value is -0.670. The summed E-state index contributed by atoms with van der Waals surface area (Å²) >= 11 is 0. The van der Waals surface area contributed by atoms with Crippen molar-refractivity contribution >= 4 is 5.78 Å². The van der Waals surface area contributed by atoms with Gasteiger partial charge < -0.3 is 9.84 Å². The van der Waals surface area contributed by atoms with Gasteiger partial charge in [0.05, 0.1) is 12.2 Å². The molecule has 24 heavy (non-hydrogen) atoms. The van der Waals surface area contributed by atoms with Crippen LogP contribution >= 0.6 is 0 Å². The second-order valence-corrected chi connectivity index (χ2v) is 8.88. The van der Waals surface area contributed by atoms with E-state index in [4.69, 9.17) is 4.74 Å². The van der Waals surface area contributed by atoms with Crippen molar-refractivity contribution in [2.75, 3.05) is 7.11 Å². The maximum Gasteiger partial charge on any atom is 0.145 e. The number of carbonyl (C=O) groups is 1. The molecule has 0 heterocycles. The van der Waals surface area contributed by atoms with Crippen LogP contribution in [-0.4, -0.2) is 30.2 Å². The van der Waals surface area contributed by atoms with Crippen LogP contribution in [-0.2, 0) is 9.53 Å². The Morgan fingerprint density at radius 2 is 1.79 bits per heavy atom. The Kier molecular flexibility index (Phi) is 5.97. The first kappa shape index (κ1) is 19.7. The molecule has 0 amide bonds. The number of carbonyl (C=O) groups excluding carboxylic acids is 1. The molecule has 3 heteroatoms. The van der Waals surface area contributed by atoms with E-state index in [1.54, 1.807) is 13.2 Å². The predicted octanol–water partition coefficient (Wildman–Crippen LogP) is 4.39. The van der Waals surface area contributed by atoms with Crippen LogP contribution in [0.4, 0.5) is 0 Å². The van der Waals surface area contributed by atoms with Crippen molar-refractivity contribution in [3.05, 3.63) is 12.7 Å². The van der Waals surface area contributed by atoms with E-state index in [0.29, 0.717) is 18.3 Å². The second-order valence-electron chi connectivity index (χ2n) is 8.88. The summed E-state index contributed by atoms with van der Waals surface area (Å²) in [7, 11) is 1.77. The zero-order valence-corrected chi connectivity index (χ0v) is 16.2. The van der Waals surface area contributed by atoms with Gasteiger partial charge in [-0.3, -0.25) is 4.79 Å². The number of ketones is 1. The first-order valence-corrected chi connectivity index (χ1v) is 9.56. The monoisotopic (exact) mass is 336 g/mol. The van der Waals surface area contributed by atoms with Crippen LogP contribution in [0.5, 0.6) is 0 Å². The van der Waals surface area contributed by atoms with Crippen molar-refractivity contribution in [1.82, 2.24) is 0 Å². The molecule has 2 aliphatic carbocycles. The van der Waals surface area contributed by atoms with E-state index in [1.165, 1.54) is 0 Å². The van der Waals surface area contributed by atoms with Gasteiger partial charge in [0.25, 0.3) is 0 Å². The summed E-state index contributed by atoms with van der Waals surface area (Å²) in [5.41, 5.74) is -0.886. The molecule has 0 aromatic rings. The Balaban J connectivity index is 2.52. The molecule has 3 nitrogen and oxygen atoms in total. The number of ether oxygens (including phenoxy) is 1. The minimum Gasteiger partial charge on any atom is -0.393 e. The maximum atomic E-state index is 13.2. The molecule has 2 fully saturated rings. The van der Waals surface area contributed by atoms with E-state index in [0.717, 1.165) is 32.1 Å². The summed E-state index contributed by atoms with van der Waals surface area (Å²) in [5.74, 6) is 1.05. The molecule has 7 atom stereocenters. The molecule has 0 aliphatic heterocycles. The first-order valence-electron chi connectivity index (χ1n) is 9.56. The smallest absolute Gasteiger partial charge is 0.145 e. The third-order valence-corrected chi connectivity index (χ3v) is 7.47. The summed E-state index contributed by atoms with van der Waals surface area (Å²) in [6, 6.07) is 0. The van der Waals surface area contributed by atoms with E-state index in [-0.39, 0.29) is 23.2 Å². The zero-order valence-electron chi connectivity index (χ0n) is 16.2. The molecule has 0 aromatic heterocycles. The van der Waals surface area contributed by atoms with Crippen LogP contribution < -0.4 is 0 Å². The van der Waals surface area contributed by atoms with E-state index >= 15 is 0 Å². The number of methoxy groups -OCH3 is 1. The van der Waals surface area contributed by atoms with Gasteiger partial charge in [-0.05, 0) is 62.7 Å². The molecular formula is C21H36O3. The summed E-state index contributed by atoms with van der Waals surface area (Å²) in [6.07, 6.45) is 6.83. The maximum absolute atomic E-state index is 13.2. The molecule has 1 N–H and O–H groups in total. The van der Waals surface area contributed by atoms with Crippen molar-refractivity contribution < 1.29 is 14.6 Å². The molecule has 0 saturated heterocycles. The average Bonchev–Trinajstić information content (AvgIpc) is 2.62. The van der Waals surface area contributed by atoms with Crippen molar-refractivity contribution in [2.45, 2.75) is 78.4 Å². The SMILES string of the molecule is C=CC1(C)CC(O)C2(C)CC(OC)CCC(CCC2C)C(C)C1=O. The molecule has 138 valence electrons. The number of fused-ring (bicyclic) bond motifs is 4. The molecule has 2 bridgehead atoms. The van der Waals surface area contributed by atoms with Gasteiger partial charge in [0.1, 0.15) is 5.78 Å². The van der Waals surface area contributed by atoms with Crippen LogP contribution in [0.15, 0.2) is 12.7 Å². The Labute approximate surface area is 147 Å². The van der Waals surface area contributed by atoms with Crippen molar-refractivity contribution in [1.29, 1.82) is 0 Å².